The Kier molecular flexibility index (Phi) is 4.86. The lowest BCUT2D eigenvalue weighted by atomic mass is 10.0. The van der Waals surface area contributed by atoms with E-state index in [1.165, 1.54) is 17.0 Å². The minimum atomic E-state index is -5.02. The Hall–Kier alpha value is -3.24. The zero-order chi connectivity index (χ0) is 22.6. The van der Waals surface area contributed by atoms with E-state index in [0.29, 0.717) is 35.0 Å². The average molecular weight is 445 g/mol. The molecule has 1 aromatic heterocycles. The molecule has 0 aliphatic carbocycles. The molecule has 0 fully saturated rings. The molecule has 1 aliphatic heterocycles. The number of carbonyl (C=O) groups is 1. The number of benzene rings is 2. The van der Waals surface area contributed by atoms with E-state index < -0.39 is 41.0 Å². The first kappa shape index (κ1) is 21.0. The van der Waals surface area contributed by atoms with Crippen molar-refractivity contribution in [3.63, 3.8) is 0 Å². The number of amides is 2. The molecule has 4 rings (SSSR count). The fraction of sp³-hybridized carbons (Fsp3) is 0.250. The summed E-state index contributed by atoms with van der Waals surface area (Å²) >= 11 is 0. The average Bonchev–Trinajstić information content (AvgIpc) is 3.03. The van der Waals surface area contributed by atoms with E-state index in [0.717, 1.165) is 5.69 Å². The van der Waals surface area contributed by atoms with E-state index in [-0.39, 0.29) is 19.2 Å². The normalized spacial score (nSPS) is 14.6. The van der Waals surface area contributed by atoms with Gasteiger partial charge in [0.25, 0.3) is 0 Å². The highest BCUT2D eigenvalue weighted by Crippen LogP contribution is 2.37. The van der Waals surface area contributed by atoms with E-state index in [9.17, 15) is 35.5 Å². The summed E-state index contributed by atoms with van der Waals surface area (Å²) in [5, 5.41) is 2.68. The Balaban J connectivity index is 1.60. The molecule has 11 heteroatoms. The van der Waals surface area contributed by atoms with Gasteiger partial charge in [0.1, 0.15) is 5.82 Å². The van der Waals surface area contributed by atoms with Crippen molar-refractivity contribution in [1.29, 1.82) is 0 Å². The molecule has 31 heavy (non-hydrogen) atoms. The Morgan fingerprint density at radius 1 is 0.968 bits per heavy atom. The topological polar surface area (TPSA) is 48.1 Å². The summed E-state index contributed by atoms with van der Waals surface area (Å²) in [6, 6.07) is 4.16. The molecule has 0 bridgehead atoms. The van der Waals surface area contributed by atoms with Gasteiger partial charge in [-0.1, -0.05) is 0 Å². The second kappa shape index (κ2) is 7.17. The van der Waals surface area contributed by atoms with Crippen molar-refractivity contribution in [1.82, 2.24) is 9.88 Å². The van der Waals surface area contributed by atoms with Crippen molar-refractivity contribution in [2.24, 2.45) is 0 Å². The Bertz CT molecular complexity index is 1130. The monoisotopic (exact) mass is 445 g/mol. The lowest BCUT2D eigenvalue weighted by Crippen LogP contribution is -2.38. The molecule has 0 atom stereocenters. The number of anilines is 1. The maximum Gasteiger partial charge on any atom is 0.416 e. The van der Waals surface area contributed by atoms with E-state index in [4.69, 9.17) is 0 Å². The summed E-state index contributed by atoms with van der Waals surface area (Å²) in [6.07, 6.45) is -9.67. The first-order valence-corrected chi connectivity index (χ1v) is 9.06. The molecule has 2 aromatic carbocycles. The zero-order valence-corrected chi connectivity index (χ0v) is 15.6. The number of nitrogens with one attached hydrogen (secondary N) is 2. The second-order valence-corrected chi connectivity index (χ2v) is 7.17. The number of rotatable bonds is 1. The van der Waals surface area contributed by atoms with Crippen LogP contribution >= 0.6 is 0 Å². The maximum absolute atomic E-state index is 13.6. The number of hydrogen-bond acceptors (Lipinski definition) is 1. The van der Waals surface area contributed by atoms with Crippen LogP contribution in [0.25, 0.3) is 10.9 Å². The number of carbonyl (C=O) groups excluding carboxylic acids is 1. The minimum absolute atomic E-state index is 0.0106. The lowest BCUT2D eigenvalue weighted by Gasteiger charge is -2.27. The largest absolute Gasteiger partial charge is 0.416 e. The molecule has 0 unspecified atom stereocenters. The highest BCUT2D eigenvalue weighted by molar-refractivity contribution is 5.91. The van der Waals surface area contributed by atoms with Crippen LogP contribution in [0.5, 0.6) is 0 Å². The van der Waals surface area contributed by atoms with Crippen LogP contribution in [0, 0.1) is 5.82 Å². The predicted octanol–water partition coefficient (Wildman–Crippen LogP) is 5.93. The molecule has 3 aromatic rings. The second-order valence-electron chi connectivity index (χ2n) is 7.17. The highest BCUT2D eigenvalue weighted by atomic mass is 19.4. The molecular weight excluding hydrogens is 431 g/mol. The van der Waals surface area contributed by atoms with Gasteiger partial charge in [0, 0.05) is 47.4 Å². The van der Waals surface area contributed by atoms with Gasteiger partial charge in [-0.05, 0) is 36.4 Å². The summed E-state index contributed by atoms with van der Waals surface area (Å²) in [5.74, 6) is -0.473. The number of halogens is 7. The summed E-state index contributed by atoms with van der Waals surface area (Å²) in [7, 11) is 0. The first-order valence-electron chi connectivity index (χ1n) is 9.06. The molecule has 0 saturated carbocycles. The molecule has 2 amide bonds. The number of hydrogen-bond donors (Lipinski definition) is 2. The Morgan fingerprint density at radius 3 is 2.23 bits per heavy atom. The third kappa shape index (κ3) is 4.17. The summed E-state index contributed by atoms with van der Waals surface area (Å²) in [6.45, 7) is 0.203. The Labute approximate surface area is 170 Å². The van der Waals surface area contributed by atoms with Crippen molar-refractivity contribution in [2.45, 2.75) is 25.3 Å². The van der Waals surface area contributed by atoms with E-state index in [1.807, 2.05) is 0 Å². The van der Waals surface area contributed by atoms with Crippen molar-refractivity contribution in [2.75, 3.05) is 11.9 Å². The maximum atomic E-state index is 13.6. The minimum Gasteiger partial charge on any atom is -0.358 e. The smallest absolute Gasteiger partial charge is 0.358 e. The highest BCUT2D eigenvalue weighted by Gasteiger charge is 2.37. The molecule has 4 nitrogen and oxygen atoms in total. The lowest BCUT2D eigenvalue weighted by molar-refractivity contribution is -0.143. The summed E-state index contributed by atoms with van der Waals surface area (Å²) in [4.78, 5) is 17.0. The van der Waals surface area contributed by atoms with Crippen LogP contribution in [-0.4, -0.2) is 22.5 Å². The number of urea groups is 1. The first-order chi connectivity index (χ1) is 14.4. The zero-order valence-electron chi connectivity index (χ0n) is 15.6. The predicted molar refractivity (Wildman–Crippen MR) is 97.8 cm³/mol. The Morgan fingerprint density at radius 2 is 1.61 bits per heavy atom. The van der Waals surface area contributed by atoms with Gasteiger partial charge in [-0.3, -0.25) is 0 Å². The summed E-state index contributed by atoms with van der Waals surface area (Å²) in [5.41, 5.74) is -1.56. The van der Waals surface area contributed by atoms with Crippen LogP contribution in [-0.2, 0) is 25.3 Å². The van der Waals surface area contributed by atoms with Gasteiger partial charge in [-0.25, -0.2) is 9.18 Å². The van der Waals surface area contributed by atoms with E-state index in [1.54, 1.807) is 6.07 Å². The summed E-state index contributed by atoms with van der Waals surface area (Å²) < 4.78 is 91.7. The quantitative estimate of drug-likeness (QED) is 0.448. The van der Waals surface area contributed by atoms with Crippen molar-refractivity contribution in [3.05, 3.63) is 64.6 Å². The third-order valence-corrected chi connectivity index (χ3v) is 5.06. The molecule has 164 valence electrons. The molecule has 0 spiro atoms. The van der Waals surface area contributed by atoms with Crippen molar-refractivity contribution in [3.8, 4) is 0 Å². The number of aromatic amines is 1. The van der Waals surface area contributed by atoms with E-state index >= 15 is 0 Å². The number of aromatic nitrogens is 1. The molecule has 1 aliphatic rings. The van der Waals surface area contributed by atoms with Crippen LogP contribution in [0.3, 0.4) is 0 Å². The van der Waals surface area contributed by atoms with Gasteiger partial charge >= 0.3 is 18.4 Å². The van der Waals surface area contributed by atoms with Crippen LogP contribution in [0.4, 0.5) is 41.2 Å². The van der Waals surface area contributed by atoms with Crippen LogP contribution in [0.1, 0.15) is 22.4 Å². The number of nitrogens with zero attached hydrogens (tertiary/aromatic N) is 1. The van der Waals surface area contributed by atoms with Crippen LogP contribution < -0.4 is 5.32 Å². The number of fused-ring (bicyclic) bond motifs is 3. The van der Waals surface area contributed by atoms with Gasteiger partial charge in [-0.2, -0.15) is 26.3 Å². The van der Waals surface area contributed by atoms with E-state index in [2.05, 4.69) is 10.3 Å². The molecule has 2 N–H and O–H groups in total. The molecule has 0 saturated heterocycles. The SMILES string of the molecule is O=C(Nc1cc(C(F)(F)F)cc(C(F)(F)F)c1)N1CCc2[nH]c3ccc(F)cc3c2C1. The third-order valence-electron chi connectivity index (χ3n) is 5.06. The number of alkyl halides is 6. The van der Waals surface area contributed by atoms with Crippen LogP contribution in [0.15, 0.2) is 36.4 Å². The molecule has 0 radical (unpaired) electrons. The van der Waals surface area contributed by atoms with Gasteiger partial charge in [0.05, 0.1) is 11.1 Å². The standard InChI is InChI=1S/C20H14F7N3O/c21-12-1-2-16-14(8-12)15-9-30(4-3-17(15)29-16)18(31)28-13-6-10(19(22,23)24)5-11(7-13)20(25,26)27/h1-2,5-8,29H,3-4,9H2,(H,28,31). The molecule has 2 heterocycles. The van der Waals surface area contributed by atoms with Gasteiger partial charge in [0.2, 0.25) is 0 Å². The fourth-order valence-electron chi connectivity index (χ4n) is 3.59. The van der Waals surface area contributed by atoms with Gasteiger partial charge in [-0.15, -0.1) is 0 Å². The number of H-pyrrole nitrogens is 1. The van der Waals surface area contributed by atoms with Crippen molar-refractivity contribution < 1.29 is 35.5 Å². The van der Waals surface area contributed by atoms with Gasteiger partial charge < -0.3 is 15.2 Å². The fourth-order valence-corrected chi connectivity index (χ4v) is 3.59. The van der Waals surface area contributed by atoms with Crippen LogP contribution in [0.2, 0.25) is 0 Å². The van der Waals surface area contributed by atoms with Gasteiger partial charge in [0.15, 0.2) is 0 Å². The van der Waals surface area contributed by atoms with Crippen molar-refractivity contribution >= 4 is 22.6 Å². The molecular formula is C20H14F7N3O.